The highest BCUT2D eigenvalue weighted by Gasteiger charge is 2.32. The van der Waals surface area contributed by atoms with Gasteiger partial charge in [-0.3, -0.25) is 4.79 Å². The lowest BCUT2D eigenvalue weighted by Gasteiger charge is -2.38. The van der Waals surface area contributed by atoms with Crippen LogP contribution in [0.4, 0.5) is 0 Å². The van der Waals surface area contributed by atoms with Gasteiger partial charge < -0.3 is 0 Å². The molecule has 84 valence electrons. The van der Waals surface area contributed by atoms with Gasteiger partial charge in [-0.25, -0.2) is 0 Å². The maximum absolute atomic E-state index is 11.3. The van der Waals surface area contributed by atoms with E-state index in [-0.39, 0.29) is 11.2 Å². The van der Waals surface area contributed by atoms with Crippen molar-refractivity contribution < 1.29 is 4.79 Å². The molecule has 1 aliphatic carbocycles. The zero-order valence-electron chi connectivity index (χ0n) is 10.2. The van der Waals surface area contributed by atoms with E-state index in [1.165, 1.54) is 18.4 Å². The van der Waals surface area contributed by atoms with Crippen molar-refractivity contribution in [2.75, 3.05) is 0 Å². The molecule has 1 aliphatic rings. The molecule has 1 fully saturated rings. The molecule has 15 heavy (non-hydrogen) atoms. The third-order valence-corrected chi connectivity index (χ3v) is 3.42. The first kappa shape index (κ1) is 12.2. The van der Waals surface area contributed by atoms with Crippen molar-refractivity contribution >= 4 is 5.78 Å². The minimum Gasteiger partial charge on any atom is -0.295 e. The summed E-state index contributed by atoms with van der Waals surface area (Å²) >= 11 is 0. The minimum atomic E-state index is 0.212. The molecule has 0 aliphatic heterocycles. The van der Waals surface area contributed by atoms with Crippen LogP contribution in [0.5, 0.6) is 0 Å². The third-order valence-electron chi connectivity index (χ3n) is 3.42. The van der Waals surface area contributed by atoms with Gasteiger partial charge in [0, 0.05) is 12.3 Å². The minimum absolute atomic E-state index is 0.212. The van der Waals surface area contributed by atoms with Crippen molar-refractivity contribution in [3.63, 3.8) is 0 Å². The molecule has 0 amide bonds. The van der Waals surface area contributed by atoms with Crippen LogP contribution < -0.4 is 0 Å². The van der Waals surface area contributed by atoms with Crippen molar-refractivity contribution in [2.24, 2.45) is 11.3 Å². The number of carbonyl (C=O) groups excluding carboxylic acids is 1. The first-order valence-corrected chi connectivity index (χ1v) is 5.86. The summed E-state index contributed by atoms with van der Waals surface area (Å²) in [4.78, 5) is 11.3. The Morgan fingerprint density at radius 2 is 2.27 bits per heavy atom. The number of rotatable bonds is 3. The van der Waals surface area contributed by atoms with Gasteiger partial charge in [0.2, 0.25) is 0 Å². The van der Waals surface area contributed by atoms with Crippen LogP contribution >= 0.6 is 0 Å². The first-order chi connectivity index (χ1) is 6.97. The predicted octanol–water partition coefficient (Wildman–Crippen LogP) is 3.90. The summed E-state index contributed by atoms with van der Waals surface area (Å²) in [6.45, 7) is 10.6. The molecule has 0 aromatic rings. The molecular weight excluding hydrogens is 184 g/mol. The fourth-order valence-electron chi connectivity index (χ4n) is 2.35. The molecule has 1 rings (SSSR count). The average Bonchev–Trinajstić information content (AvgIpc) is 2.15. The highest BCUT2D eigenvalue weighted by molar-refractivity contribution is 5.89. The third kappa shape index (κ3) is 3.05. The Labute approximate surface area is 93.3 Å². The quantitative estimate of drug-likeness (QED) is 0.505. The van der Waals surface area contributed by atoms with Crippen molar-refractivity contribution in [2.45, 2.75) is 46.5 Å². The van der Waals surface area contributed by atoms with Gasteiger partial charge in [-0.15, -0.1) is 0 Å². The van der Waals surface area contributed by atoms with Gasteiger partial charge in [0.1, 0.15) is 0 Å². The van der Waals surface area contributed by atoms with Crippen LogP contribution in [0.15, 0.2) is 24.3 Å². The number of hydrogen-bond acceptors (Lipinski definition) is 1. The molecule has 1 heteroatoms. The molecular formula is C14H22O. The van der Waals surface area contributed by atoms with E-state index in [9.17, 15) is 4.79 Å². The van der Waals surface area contributed by atoms with E-state index in [4.69, 9.17) is 0 Å². The molecule has 0 bridgehead atoms. The van der Waals surface area contributed by atoms with Crippen molar-refractivity contribution in [1.29, 1.82) is 0 Å². The van der Waals surface area contributed by atoms with Gasteiger partial charge in [0.05, 0.1) is 0 Å². The summed E-state index contributed by atoms with van der Waals surface area (Å²) in [5, 5.41) is 0. The zero-order valence-corrected chi connectivity index (χ0v) is 10.2. The molecule has 0 radical (unpaired) electrons. The van der Waals surface area contributed by atoms with Crippen molar-refractivity contribution in [3.05, 3.63) is 24.3 Å². The van der Waals surface area contributed by atoms with Crippen LogP contribution in [-0.4, -0.2) is 5.78 Å². The normalized spacial score (nSPS) is 25.8. The van der Waals surface area contributed by atoms with E-state index in [1.54, 1.807) is 6.08 Å². The molecule has 0 aromatic carbocycles. The van der Waals surface area contributed by atoms with Crippen molar-refractivity contribution in [3.8, 4) is 0 Å². The van der Waals surface area contributed by atoms with Gasteiger partial charge >= 0.3 is 0 Å². The largest absolute Gasteiger partial charge is 0.295 e. The summed E-state index contributed by atoms with van der Waals surface area (Å²) in [7, 11) is 0. The Kier molecular flexibility index (Phi) is 3.90. The smallest absolute Gasteiger partial charge is 0.155 e. The Hall–Kier alpha value is -0.850. The zero-order chi connectivity index (χ0) is 11.5. The number of allylic oxidation sites excluding steroid dienone is 3. The lowest BCUT2D eigenvalue weighted by Crippen LogP contribution is -2.28. The Morgan fingerprint density at radius 1 is 1.60 bits per heavy atom. The average molecular weight is 206 g/mol. The van der Waals surface area contributed by atoms with E-state index in [1.807, 2.05) is 6.92 Å². The summed E-state index contributed by atoms with van der Waals surface area (Å²) < 4.78 is 0. The maximum atomic E-state index is 11.3. The molecule has 1 unspecified atom stereocenters. The molecule has 0 heterocycles. The second-order valence-electron chi connectivity index (χ2n) is 5.16. The highest BCUT2D eigenvalue weighted by Crippen LogP contribution is 2.43. The molecule has 0 aromatic heterocycles. The van der Waals surface area contributed by atoms with Crippen LogP contribution in [0.2, 0.25) is 0 Å². The summed E-state index contributed by atoms with van der Waals surface area (Å²) in [6, 6.07) is 0. The standard InChI is InChI=1S/C14H22O/c1-5-12(15)8-9-13-11(2)7-6-10-14(13,3)4/h8-9,13H,2,5-7,10H2,1,3-4H3/b9-8+. The van der Waals surface area contributed by atoms with E-state index in [2.05, 4.69) is 26.5 Å². The molecule has 0 spiro atoms. The van der Waals surface area contributed by atoms with Gasteiger partial charge in [-0.2, -0.15) is 0 Å². The molecule has 1 atom stereocenters. The van der Waals surface area contributed by atoms with Gasteiger partial charge in [-0.1, -0.05) is 39.0 Å². The lowest BCUT2D eigenvalue weighted by atomic mass is 9.66. The topological polar surface area (TPSA) is 17.1 Å². The summed E-state index contributed by atoms with van der Waals surface area (Å²) in [6.07, 6.45) is 7.96. The molecule has 1 nitrogen and oxygen atoms in total. The van der Waals surface area contributed by atoms with Crippen LogP contribution in [-0.2, 0) is 4.79 Å². The fraction of sp³-hybridized carbons (Fsp3) is 0.643. The SMILES string of the molecule is C=C1CCCC(C)(C)C1/C=C/C(=O)CC. The second kappa shape index (κ2) is 4.78. The van der Waals surface area contributed by atoms with Crippen LogP contribution in [0.3, 0.4) is 0 Å². The highest BCUT2D eigenvalue weighted by atomic mass is 16.1. The molecule has 0 N–H and O–H groups in total. The van der Waals surface area contributed by atoms with E-state index in [0.717, 1.165) is 6.42 Å². The van der Waals surface area contributed by atoms with Gasteiger partial charge in [0.15, 0.2) is 5.78 Å². The Bertz CT molecular complexity index is 284. The predicted molar refractivity (Wildman–Crippen MR) is 64.7 cm³/mol. The van der Waals surface area contributed by atoms with E-state index >= 15 is 0 Å². The van der Waals surface area contributed by atoms with E-state index < -0.39 is 0 Å². The number of hydrogen-bond donors (Lipinski definition) is 0. The Balaban J connectivity index is 2.76. The lowest BCUT2D eigenvalue weighted by molar-refractivity contribution is -0.114. The first-order valence-electron chi connectivity index (χ1n) is 5.86. The fourth-order valence-corrected chi connectivity index (χ4v) is 2.35. The number of carbonyl (C=O) groups is 1. The Morgan fingerprint density at radius 3 is 2.80 bits per heavy atom. The summed E-state index contributed by atoms with van der Waals surface area (Å²) in [5.74, 6) is 0.589. The molecule has 1 saturated carbocycles. The maximum Gasteiger partial charge on any atom is 0.155 e. The van der Waals surface area contributed by atoms with Crippen LogP contribution in [0.25, 0.3) is 0 Å². The van der Waals surface area contributed by atoms with E-state index in [0.29, 0.717) is 12.3 Å². The van der Waals surface area contributed by atoms with Gasteiger partial charge in [0.25, 0.3) is 0 Å². The van der Waals surface area contributed by atoms with Crippen LogP contribution in [0.1, 0.15) is 46.5 Å². The summed E-state index contributed by atoms with van der Waals surface area (Å²) in [5.41, 5.74) is 1.55. The van der Waals surface area contributed by atoms with Gasteiger partial charge in [-0.05, 0) is 30.8 Å². The van der Waals surface area contributed by atoms with Crippen molar-refractivity contribution in [1.82, 2.24) is 0 Å². The monoisotopic (exact) mass is 206 g/mol. The number of ketones is 1. The molecule has 0 saturated heterocycles. The second-order valence-corrected chi connectivity index (χ2v) is 5.16. The van der Waals surface area contributed by atoms with Crippen LogP contribution in [0, 0.1) is 11.3 Å².